The Labute approximate surface area is 171 Å². The molecule has 0 unspecified atom stereocenters. The molecule has 0 bridgehead atoms. The van der Waals surface area contributed by atoms with Crippen molar-refractivity contribution >= 4 is 39.6 Å². The Morgan fingerprint density at radius 1 is 1.07 bits per heavy atom. The number of aromatic amines is 1. The van der Waals surface area contributed by atoms with Crippen LogP contribution in [0.25, 0.3) is 33.6 Å². The number of rotatable bonds is 5. The number of aliphatic hydroxyl groups is 1. The first kappa shape index (κ1) is 18.9. The number of hydrogen-bond donors (Lipinski definition) is 2. The zero-order valence-electron chi connectivity index (χ0n) is 15.7. The fourth-order valence-corrected chi connectivity index (χ4v) is 2.91. The fraction of sp³-hybridized carbons (Fsp3) is 0.0435. The normalized spacial score (nSPS) is 12.1. The van der Waals surface area contributed by atoms with Crippen LogP contribution in [0.1, 0.15) is 11.5 Å². The summed E-state index contributed by atoms with van der Waals surface area (Å²) in [4.78, 5) is 23.7. The third kappa shape index (κ3) is 4.03. The molecule has 0 radical (unpaired) electrons. The topological polar surface area (TPSA) is 112 Å². The molecule has 0 aliphatic heterocycles. The molecule has 0 aliphatic rings. The molecule has 0 atom stereocenters. The second kappa shape index (κ2) is 8.29. The predicted octanol–water partition coefficient (Wildman–Crippen LogP) is 4.16. The first-order valence-corrected chi connectivity index (χ1v) is 9.12. The van der Waals surface area contributed by atoms with Gasteiger partial charge in [-0.1, -0.05) is 36.4 Å². The van der Waals surface area contributed by atoms with Gasteiger partial charge in [0, 0.05) is 11.5 Å². The van der Waals surface area contributed by atoms with Crippen molar-refractivity contribution in [2.24, 2.45) is 0 Å². The molecule has 2 N–H and O–H groups in total. The van der Waals surface area contributed by atoms with Gasteiger partial charge in [-0.05, 0) is 30.3 Å². The molecule has 30 heavy (non-hydrogen) atoms. The van der Waals surface area contributed by atoms with Gasteiger partial charge < -0.3 is 14.8 Å². The van der Waals surface area contributed by atoms with Gasteiger partial charge in [-0.2, -0.15) is 5.26 Å². The van der Waals surface area contributed by atoms with E-state index in [9.17, 15) is 15.2 Å². The summed E-state index contributed by atoms with van der Waals surface area (Å²) in [5.74, 6) is -0.844. The molecule has 146 valence electrons. The van der Waals surface area contributed by atoms with Crippen molar-refractivity contribution < 1.29 is 14.6 Å². The number of aromatic nitrogens is 3. The maximum absolute atomic E-state index is 12.0. The van der Waals surface area contributed by atoms with Crippen LogP contribution in [0.15, 0.2) is 72.5 Å². The summed E-state index contributed by atoms with van der Waals surface area (Å²) in [6, 6.07) is 20.5. The second-order valence-electron chi connectivity index (χ2n) is 6.41. The number of allylic oxidation sites excluding steroid dienone is 1. The molecule has 2 heterocycles. The number of carbonyl (C=O) groups excluding carboxylic acids is 1. The predicted molar refractivity (Wildman–Crippen MR) is 113 cm³/mol. The fourth-order valence-electron chi connectivity index (χ4n) is 2.91. The standard InChI is InChI=1S/C23H16N4O3/c24-13-17(23-26-19-7-3-4-8-20(19)27-23)21(28)14-30-22(29)12-11-16-10-9-15-5-1-2-6-18(15)25-16/h1-12,28H,14H2,(H,26,27)/b12-11+,21-17?. The van der Waals surface area contributed by atoms with E-state index in [1.165, 1.54) is 12.2 Å². The number of pyridine rings is 1. The first-order chi connectivity index (χ1) is 14.6. The van der Waals surface area contributed by atoms with E-state index in [-0.39, 0.29) is 17.2 Å². The van der Waals surface area contributed by atoms with Gasteiger partial charge in [-0.25, -0.2) is 14.8 Å². The van der Waals surface area contributed by atoms with E-state index in [4.69, 9.17) is 4.74 Å². The Hall–Kier alpha value is -4.44. The van der Waals surface area contributed by atoms with Crippen LogP contribution in [0.5, 0.6) is 0 Å². The number of nitrogens with zero attached hydrogens (tertiary/aromatic N) is 3. The van der Waals surface area contributed by atoms with Gasteiger partial charge in [-0.3, -0.25) is 0 Å². The lowest BCUT2D eigenvalue weighted by Gasteiger charge is -2.03. The monoisotopic (exact) mass is 396 g/mol. The minimum Gasteiger partial charge on any atom is -0.507 e. The quantitative estimate of drug-likeness (QED) is 0.227. The molecule has 4 rings (SSSR count). The lowest BCUT2D eigenvalue weighted by Crippen LogP contribution is -2.06. The number of imidazole rings is 1. The van der Waals surface area contributed by atoms with E-state index in [2.05, 4.69) is 15.0 Å². The minimum atomic E-state index is -0.668. The largest absolute Gasteiger partial charge is 0.507 e. The Bertz CT molecular complexity index is 1310. The van der Waals surface area contributed by atoms with Gasteiger partial charge in [0.15, 0.2) is 11.6 Å². The van der Waals surface area contributed by atoms with Crippen molar-refractivity contribution in [2.75, 3.05) is 6.61 Å². The highest BCUT2D eigenvalue weighted by molar-refractivity contribution is 5.88. The van der Waals surface area contributed by atoms with Crippen molar-refractivity contribution in [1.29, 1.82) is 5.26 Å². The number of fused-ring (bicyclic) bond motifs is 2. The molecular weight excluding hydrogens is 380 g/mol. The zero-order chi connectivity index (χ0) is 20.9. The van der Waals surface area contributed by atoms with Crippen molar-refractivity contribution in [3.63, 3.8) is 0 Å². The maximum atomic E-state index is 12.0. The van der Waals surface area contributed by atoms with E-state index < -0.39 is 12.6 Å². The van der Waals surface area contributed by atoms with Gasteiger partial charge in [-0.15, -0.1) is 0 Å². The van der Waals surface area contributed by atoms with Crippen LogP contribution >= 0.6 is 0 Å². The number of nitriles is 1. The Kier molecular flexibility index (Phi) is 5.22. The highest BCUT2D eigenvalue weighted by Crippen LogP contribution is 2.19. The summed E-state index contributed by atoms with van der Waals surface area (Å²) < 4.78 is 5.04. The molecule has 0 amide bonds. The Balaban J connectivity index is 1.44. The van der Waals surface area contributed by atoms with Crippen molar-refractivity contribution in [3.05, 3.63) is 84.0 Å². The van der Waals surface area contributed by atoms with E-state index >= 15 is 0 Å². The van der Waals surface area contributed by atoms with E-state index in [1.807, 2.05) is 54.6 Å². The average molecular weight is 396 g/mol. The lowest BCUT2D eigenvalue weighted by molar-refractivity contribution is -0.137. The smallest absolute Gasteiger partial charge is 0.331 e. The number of carbonyl (C=O) groups is 1. The van der Waals surface area contributed by atoms with Crippen molar-refractivity contribution in [3.8, 4) is 6.07 Å². The maximum Gasteiger partial charge on any atom is 0.331 e. The minimum absolute atomic E-state index is 0.0841. The highest BCUT2D eigenvalue weighted by Gasteiger charge is 2.14. The number of ether oxygens (including phenoxy) is 1. The summed E-state index contributed by atoms with van der Waals surface area (Å²) in [5, 5.41) is 20.6. The molecule has 0 aliphatic carbocycles. The summed E-state index contributed by atoms with van der Waals surface area (Å²) in [5.41, 5.74) is 2.73. The highest BCUT2D eigenvalue weighted by atomic mass is 16.5. The molecule has 0 saturated heterocycles. The number of para-hydroxylation sites is 3. The van der Waals surface area contributed by atoms with Gasteiger partial charge in [0.2, 0.25) is 0 Å². The number of esters is 1. The van der Waals surface area contributed by atoms with Crippen molar-refractivity contribution in [2.45, 2.75) is 0 Å². The second-order valence-corrected chi connectivity index (χ2v) is 6.41. The Morgan fingerprint density at radius 3 is 2.63 bits per heavy atom. The molecule has 7 heteroatoms. The summed E-state index contributed by atoms with van der Waals surface area (Å²) in [6.45, 7) is -0.450. The van der Waals surface area contributed by atoms with Crippen LogP contribution < -0.4 is 0 Å². The molecule has 4 aromatic rings. The van der Waals surface area contributed by atoms with E-state index in [1.54, 1.807) is 12.1 Å². The molecule has 7 nitrogen and oxygen atoms in total. The molecule has 0 fully saturated rings. The van der Waals surface area contributed by atoms with Crippen LogP contribution in [0.4, 0.5) is 0 Å². The lowest BCUT2D eigenvalue weighted by atomic mass is 10.2. The third-order valence-corrected chi connectivity index (χ3v) is 4.39. The van der Waals surface area contributed by atoms with E-state index in [0.29, 0.717) is 11.2 Å². The third-order valence-electron chi connectivity index (χ3n) is 4.39. The summed E-state index contributed by atoms with van der Waals surface area (Å²) in [7, 11) is 0. The molecule has 0 spiro atoms. The number of H-pyrrole nitrogens is 1. The number of aliphatic hydroxyl groups excluding tert-OH is 1. The summed E-state index contributed by atoms with van der Waals surface area (Å²) in [6.07, 6.45) is 2.75. The zero-order valence-corrected chi connectivity index (χ0v) is 15.7. The number of nitrogens with one attached hydrogen (secondary N) is 1. The number of benzene rings is 2. The van der Waals surface area contributed by atoms with Crippen LogP contribution in [0.2, 0.25) is 0 Å². The molecule has 0 saturated carbocycles. The van der Waals surface area contributed by atoms with Crippen LogP contribution in [-0.4, -0.2) is 32.6 Å². The van der Waals surface area contributed by atoms with Gasteiger partial charge in [0.25, 0.3) is 0 Å². The first-order valence-electron chi connectivity index (χ1n) is 9.12. The number of hydrogen-bond acceptors (Lipinski definition) is 6. The molecule has 2 aromatic heterocycles. The average Bonchev–Trinajstić information content (AvgIpc) is 3.20. The van der Waals surface area contributed by atoms with Gasteiger partial charge >= 0.3 is 5.97 Å². The SMILES string of the molecule is N#CC(=C(O)COC(=O)/C=C/c1ccc2ccccc2n1)c1nc2ccccc2[nH]1. The molecular formula is C23H16N4O3. The van der Waals surface area contributed by atoms with Crippen LogP contribution in [-0.2, 0) is 9.53 Å². The molecule has 2 aromatic carbocycles. The Morgan fingerprint density at radius 2 is 1.83 bits per heavy atom. The van der Waals surface area contributed by atoms with Gasteiger partial charge in [0.05, 0.1) is 22.2 Å². The van der Waals surface area contributed by atoms with E-state index in [0.717, 1.165) is 16.4 Å². The van der Waals surface area contributed by atoms with Crippen molar-refractivity contribution in [1.82, 2.24) is 15.0 Å². The summed E-state index contributed by atoms with van der Waals surface area (Å²) >= 11 is 0. The van der Waals surface area contributed by atoms with Gasteiger partial charge in [0.1, 0.15) is 18.2 Å². The van der Waals surface area contributed by atoms with Crippen LogP contribution in [0.3, 0.4) is 0 Å². The van der Waals surface area contributed by atoms with Crippen LogP contribution in [0, 0.1) is 11.3 Å².